The summed E-state index contributed by atoms with van der Waals surface area (Å²) >= 11 is 0. The number of fused-ring (bicyclic) bond motifs is 1. The fraction of sp³-hybridized carbons (Fsp3) is 0.333. The summed E-state index contributed by atoms with van der Waals surface area (Å²) in [7, 11) is 0. The Morgan fingerprint density at radius 1 is 1.10 bits per heavy atom. The number of aryl methyl sites for hydroxylation is 1. The van der Waals surface area contributed by atoms with E-state index in [0.717, 1.165) is 31.7 Å². The van der Waals surface area contributed by atoms with E-state index in [9.17, 15) is 0 Å². The Labute approximate surface area is 120 Å². The molecule has 0 bridgehead atoms. The molecule has 2 aromatic rings. The maximum atomic E-state index is 5.77. The lowest BCUT2D eigenvalue weighted by Gasteiger charge is -2.27. The molecular formula is C18H21NO. The van der Waals surface area contributed by atoms with Crippen molar-refractivity contribution in [2.75, 3.05) is 6.61 Å². The van der Waals surface area contributed by atoms with E-state index in [4.69, 9.17) is 4.74 Å². The molecule has 0 aromatic heterocycles. The van der Waals surface area contributed by atoms with Crippen molar-refractivity contribution < 1.29 is 4.74 Å². The molecule has 1 N–H and O–H groups in total. The summed E-state index contributed by atoms with van der Waals surface area (Å²) in [6.45, 7) is 3.89. The molecule has 3 rings (SSSR count). The lowest BCUT2D eigenvalue weighted by molar-refractivity contribution is 0.252. The van der Waals surface area contributed by atoms with E-state index in [1.165, 1.54) is 16.7 Å². The van der Waals surface area contributed by atoms with Gasteiger partial charge in [-0.2, -0.15) is 0 Å². The van der Waals surface area contributed by atoms with Crippen LogP contribution in [-0.4, -0.2) is 6.61 Å². The molecule has 2 nitrogen and oxygen atoms in total. The predicted molar refractivity (Wildman–Crippen MR) is 82.0 cm³/mol. The molecule has 0 spiro atoms. The van der Waals surface area contributed by atoms with Gasteiger partial charge < -0.3 is 10.1 Å². The van der Waals surface area contributed by atoms with E-state index in [-0.39, 0.29) is 0 Å². The molecule has 1 aliphatic rings. The van der Waals surface area contributed by atoms with Gasteiger partial charge in [0, 0.05) is 24.6 Å². The Bertz CT molecular complexity index is 565. The highest BCUT2D eigenvalue weighted by molar-refractivity contribution is 5.41. The lowest BCUT2D eigenvalue weighted by Crippen LogP contribution is -2.26. The van der Waals surface area contributed by atoms with Crippen LogP contribution in [0, 0.1) is 0 Å². The SMILES string of the molecule is CCc1ccc2c(c1)C(NCc1ccccc1)CCO2. The summed E-state index contributed by atoms with van der Waals surface area (Å²) in [5.74, 6) is 1.04. The highest BCUT2D eigenvalue weighted by Crippen LogP contribution is 2.33. The van der Waals surface area contributed by atoms with Gasteiger partial charge in [0.15, 0.2) is 0 Å². The van der Waals surface area contributed by atoms with Crippen LogP contribution in [-0.2, 0) is 13.0 Å². The molecule has 1 unspecified atom stereocenters. The fourth-order valence-electron chi connectivity index (χ4n) is 2.71. The third-order valence-electron chi connectivity index (χ3n) is 3.92. The van der Waals surface area contributed by atoms with E-state index < -0.39 is 0 Å². The van der Waals surface area contributed by atoms with E-state index >= 15 is 0 Å². The Morgan fingerprint density at radius 2 is 1.95 bits per heavy atom. The van der Waals surface area contributed by atoms with Crippen molar-refractivity contribution in [3.63, 3.8) is 0 Å². The second kappa shape index (κ2) is 6.10. The smallest absolute Gasteiger partial charge is 0.124 e. The summed E-state index contributed by atoms with van der Waals surface area (Å²) in [6.07, 6.45) is 2.10. The van der Waals surface area contributed by atoms with Crippen molar-refractivity contribution >= 4 is 0 Å². The minimum atomic E-state index is 0.394. The first-order valence-electron chi connectivity index (χ1n) is 7.39. The zero-order valence-corrected chi connectivity index (χ0v) is 11.9. The summed E-state index contributed by atoms with van der Waals surface area (Å²) in [6, 6.07) is 17.5. The van der Waals surface area contributed by atoms with Crippen LogP contribution in [0.4, 0.5) is 0 Å². The molecule has 0 saturated carbocycles. The van der Waals surface area contributed by atoms with Gasteiger partial charge >= 0.3 is 0 Å². The van der Waals surface area contributed by atoms with Crippen molar-refractivity contribution in [3.05, 3.63) is 65.2 Å². The zero-order chi connectivity index (χ0) is 13.8. The number of hydrogen-bond donors (Lipinski definition) is 1. The van der Waals surface area contributed by atoms with E-state index in [1.54, 1.807) is 0 Å². The third kappa shape index (κ3) is 2.86. The van der Waals surface area contributed by atoms with E-state index in [0.29, 0.717) is 6.04 Å². The molecule has 0 aliphatic carbocycles. The highest BCUT2D eigenvalue weighted by Gasteiger charge is 2.21. The van der Waals surface area contributed by atoms with Crippen molar-refractivity contribution in [1.82, 2.24) is 5.32 Å². The molecule has 1 heterocycles. The largest absolute Gasteiger partial charge is 0.493 e. The topological polar surface area (TPSA) is 21.3 Å². The first kappa shape index (κ1) is 13.2. The number of ether oxygens (including phenoxy) is 1. The standard InChI is InChI=1S/C18H21NO/c1-2-14-8-9-18-16(12-14)17(10-11-20-18)19-13-15-6-4-3-5-7-15/h3-9,12,17,19H,2,10-11,13H2,1H3. The normalized spacial score (nSPS) is 17.4. The molecule has 0 saturated heterocycles. The average Bonchev–Trinajstić information content (AvgIpc) is 2.53. The van der Waals surface area contributed by atoms with Gasteiger partial charge in [-0.05, 0) is 23.6 Å². The van der Waals surface area contributed by atoms with Crippen LogP contribution < -0.4 is 10.1 Å². The highest BCUT2D eigenvalue weighted by atomic mass is 16.5. The van der Waals surface area contributed by atoms with Crippen molar-refractivity contribution in [1.29, 1.82) is 0 Å². The first-order chi connectivity index (χ1) is 9.86. The summed E-state index contributed by atoms with van der Waals surface area (Å²) in [5.41, 5.74) is 4.01. The molecule has 0 amide bonds. The van der Waals surface area contributed by atoms with Gasteiger partial charge in [-0.1, -0.05) is 49.4 Å². The van der Waals surface area contributed by atoms with Crippen LogP contribution in [0.5, 0.6) is 5.75 Å². The average molecular weight is 267 g/mol. The maximum absolute atomic E-state index is 5.77. The number of nitrogens with one attached hydrogen (secondary N) is 1. The van der Waals surface area contributed by atoms with Crippen molar-refractivity contribution in [2.24, 2.45) is 0 Å². The Hall–Kier alpha value is -1.80. The van der Waals surface area contributed by atoms with Crippen LogP contribution in [0.2, 0.25) is 0 Å². The second-order valence-corrected chi connectivity index (χ2v) is 5.28. The van der Waals surface area contributed by atoms with Gasteiger partial charge in [-0.3, -0.25) is 0 Å². The number of benzene rings is 2. The molecular weight excluding hydrogens is 246 g/mol. The zero-order valence-electron chi connectivity index (χ0n) is 11.9. The van der Waals surface area contributed by atoms with Gasteiger partial charge in [0.1, 0.15) is 5.75 Å². The molecule has 1 atom stereocenters. The van der Waals surface area contributed by atoms with E-state index in [1.807, 2.05) is 0 Å². The van der Waals surface area contributed by atoms with Gasteiger partial charge in [0.25, 0.3) is 0 Å². The van der Waals surface area contributed by atoms with Crippen LogP contribution >= 0.6 is 0 Å². The maximum Gasteiger partial charge on any atom is 0.124 e. The first-order valence-corrected chi connectivity index (χ1v) is 7.39. The number of rotatable bonds is 4. The summed E-state index contributed by atoms with van der Waals surface area (Å²) in [5, 5.41) is 3.67. The number of hydrogen-bond acceptors (Lipinski definition) is 2. The minimum Gasteiger partial charge on any atom is -0.493 e. The molecule has 0 fully saturated rings. The van der Waals surface area contributed by atoms with Crippen LogP contribution in [0.25, 0.3) is 0 Å². The van der Waals surface area contributed by atoms with Gasteiger partial charge in [-0.25, -0.2) is 0 Å². The van der Waals surface area contributed by atoms with Crippen molar-refractivity contribution in [2.45, 2.75) is 32.4 Å². The van der Waals surface area contributed by atoms with E-state index in [2.05, 4.69) is 60.8 Å². The van der Waals surface area contributed by atoms with Gasteiger partial charge in [0.2, 0.25) is 0 Å². The Morgan fingerprint density at radius 3 is 2.75 bits per heavy atom. The predicted octanol–water partition coefficient (Wildman–Crippen LogP) is 3.86. The van der Waals surface area contributed by atoms with Gasteiger partial charge in [0.05, 0.1) is 6.61 Å². The van der Waals surface area contributed by atoms with Crippen LogP contribution in [0.1, 0.15) is 36.1 Å². The molecule has 1 aliphatic heterocycles. The van der Waals surface area contributed by atoms with Crippen molar-refractivity contribution in [3.8, 4) is 5.75 Å². The molecule has 2 heteroatoms. The summed E-state index contributed by atoms with van der Waals surface area (Å²) < 4.78 is 5.77. The lowest BCUT2D eigenvalue weighted by atomic mass is 9.97. The fourth-order valence-corrected chi connectivity index (χ4v) is 2.71. The van der Waals surface area contributed by atoms with Crippen LogP contribution in [0.3, 0.4) is 0 Å². The van der Waals surface area contributed by atoms with Crippen LogP contribution in [0.15, 0.2) is 48.5 Å². The molecule has 20 heavy (non-hydrogen) atoms. The Balaban J connectivity index is 1.75. The third-order valence-corrected chi connectivity index (χ3v) is 3.92. The molecule has 2 aromatic carbocycles. The Kier molecular flexibility index (Phi) is 4.03. The molecule has 0 radical (unpaired) electrons. The molecule has 104 valence electrons. The monoisotopic (exact) mass is 267 g/mol. The van der Waals surface area contributed by atoms with Gasteiger partial charge in [-0.15, -0.1) is 0 Å². The second-order valence-electron chi connectivity index (χ2n) is 5.28. The minimum absolute atomic E-state index is 0.394. The summed E-state index contributed by atoms with van der Waals surface area (Å²) in [4.78, 5) is 0. The quantitative estimate of drug-likeness (QED) is 0.908.